The Bertz CT molecular complexity index is 685. The minimum Gasteiger partial charge on any atom is -0.362 e. The third kappa shape index (κ3) is 4.20. The number of hydrogen-bond donors (Lipinski definition) is 2. The number of sulfonamides is 1. The Hall–Kier alpha value is -2.09. The number of benzene rings is 1. The minimum absolute atomic E-state index is 0.0314. The van der Waals surface area contributed by atoms with Crippen LogP contribution in [0.5, 0.6) is 0 Å². The highest BCUT2D eigenvalue weighted by molar-refractivity contribution is 7.90. The number of likely N-dealkylation sites (tertiary alicyclic amines) is 1. The average molecular weight is 324 g/mol. The Morgan fingerprint density at radius 1 is 1.32 bits per heavy atom. The van der Waals surface area contributed by atoms with Crippen LogP contribution >= 0.6 is 0 Å². The first-order chi connectivity index (χ1) is 10.4. The maximum atomic E-state index is 12.4. The van der Waals surface area contributed by atoms with Gasteiger partial charge < -0.3 is 16.0 Å². The number of carbonyl (C=O) groups is 1. The second kappa shape index (κ2) is 6.78. The van der Waals surface area contributed by atoms with E-state index in [0.29, 0.717) is 17.9 Å². The summed E-state index contributed by atoms with van der Waals surface area (Å²) in [6.07, 6.45) is 3.69. The number of primary amides is 1. The summed E-state index contributed by atoms with van der Waals surface area (Å²) in [6.45, 7) is 0.803. The average Bonchev–Trinajstić information content (AvgIpc) is 2.63. The van der Waals surface area contributed by atoms with E-state index >= 15 is 0 Å². The van der Waals surface area contributed by atoms with Crippen molar-refractivity contribution in [3.63, 3.8) is 0 Å². The van der Waals surface area contributed by atoms with Gasteiger partial charge in [-0.2, -0.15) is 8.42 Å². The molecule has 22 heavy (non-hydrogen) atoms. The topological polar surface area (TPSA) is 105 Å². The van der Waals surface area contributed by atoms with E-state index in [-0.39, 0.29) is 4.90 Å². The number of urea groups is 1. The summed E-state index contributed by atoms with van der Waals surface area (Å²) < 4.78 is 28.8. The largest absolute Gasteiger partial charge is 0.362 e. The van der Waals surface area contributed by atoms with Crippen molar-refractivity contribution in [3.05, 3.63) is 24.3 Å². The third-order valence-corrected chi connectivity index (χ3v) is 4.76. The molecule has 1 aromatic carbocycles. The van der Waals surface area contributed by atoms with Crippen molar-refractivity contribution in [1.29, 1.82) is 0 Å². The maximum absolute atomic E-state index is 12.4. The molecule has 3 N–H and O–H groups in total. The Morgan fingerprint density at radius 3 is 2.82 bits per heavy atom. The summed E-state index contributed by atoms with van der Waals surface area (Å²) in [5.41, 5.74) is 5.36. The van der Waals surface area contributed by atoms with Crippen LogP contribution in [0.25, 0.3) is 0 Å². The number of amidine groups is 1. The molecule has 2 rings (SSSR count). The lowest BCUT2D eigenvalue weighted by Gasteiger charge is -2.17. The van der Waals surface area contributed by atoms with Crippen LogP contribution < -0.4 is 11.1 Å². The van der Waals surface area contributed by atoms with E-state index in [4.69, 9.17) is 5.73 Å². The molecule has 1 heterocycles. The zero-order valence-corrected chi connectivity index (χ0v) is 13.3. The highest BCUT2D eigenvalue weighted by Crippen LogP contribution is 2.19. The summed E-state index contributed by atoms with van der Waals surface area (Å²) in [5, 5.41) is 2.36. The highest BCUT2D eigenvalue weighted by atomic mass is 32.2. The number of nitrogens with zero attached hydrogens (tertiary/aromatic N) is 2. The molecule has 0 aromatic heterocycles. The van der Waals surface area contributed by atoms with Crippen molar-refractivity contribution >= 4 is 27.6 Å². The van der Waals surface area contributed by atoms with Crippen LogP contribution in [0.1, 0.15) is 25.7 Å². The summed E-state index contributed by atoms with van der Waals surface area (Å²) in [4.78, 5) is 12.8. The van der Waals surface area contributed by atoms with Gasteiger partial charge in [0.1, 0.15) is 5.84 Å². The van der Waals surface area contributed by atoms with Gasteiger partial charge in [-0.15, -0.1) is 4.40 Å². The fourth-order valence-electron chi connectivity index (χ4n) is 2.31. The van der Waals surface area contributed by atoms with Crippen molar-refractivity contribution in [2.75, 3.05) is 18.9 Å². The van der Waals surface area contributed by atoms with Gasteiger partial charge in [0.05, 0.1) is 4.90 Å². The number of anilines is 1. The Kier molecular flexibility index (Phi) is 5.02. The number of nitrogens with one attached hydrogen (secondary N) is 1. The maximum Gasteiger partial charge on any atom is 0.316 e. The van der Waals surface area contributed by atoms with E-state index in [1.54, 1.807) is 6.07 Å². The lowest BCUT2D eigenvalue weighted by atomic mass is 10.2. The zero-order valence-electron chi connectivity index (χ0n) is 12.4. The second-order valence-electron chi connectivity index (χ2n) is 5.23. The first-order valence-corrected chi connectivity index (χ1v) is 8.54. The molecule has 1 aliphatic rings. The van der Waals surface area contributed by atoms with Gasteiger partial charge in [-0.3, -0.25) is 0 Å². The van der Waals surface area contributed by atoms with Crippen LogP contribution in [0, 0.1) is 0 Å². The standard InChI is InChI=1S/C14H20N4O3S/c1-18-9-4-2-3-8-13(18)17-22(20,21)12-7-5-6-11(10-12)16-14(15)19/h5-7,10H,2-4,8-9H2,1H3,(H3,15,16,19). The van der Waals surface area contributed by atoms with Crippen LogP contribution in [0.15, 0.2) is 33.6 Å². The first-order valence-electron chi connectivity index (χ1n) is 7.10. The van der Waals surface area contributed by atoms with Gasteiger partial charge in [0, 0.05) is 25.7 Å². The van der Waals surface area contributed by atoms with Gasteiger partial charge in [-0.05, 0) is 31.0 Å². The van der Waals surface area contributed by atoms with Crippen LogP contribution in [-0.2, 0) is 10.0 Å². The lowest BCUT2D eigenvalue weighted by molar-refractivity contribution is 0.259. The molecule has 0 radical (unpaired) electrons. The molecule has 0 bridgehead atoms. The molecular weight excluding hydrogens is 304 g/mol. The van der Waals surface area contributed by atoms with E-state index in [0.717, 1.165) is 25.8 Å². The molecule has 0 spiro atoms. The summed E-state index contributed by atoms with van der Waals surface area (Å²) >= 11 is 0. The van der Waals surface area contributed by atoms with Gasteiger partial charge in [0.25, 0.3) is 10.0 Å². The van der Waals surface area contributed by atoms with Crippen LogP contribution in [-0.4, -0.2) is 38.8 Å². The SMILES string of the molecule is CN1CCCCCC1=NS(=O)(=O)c1cccc(NC(N)=O)c1. The predicted molar refractivity (Wildman–Crippen MR) is 85.4 cm³/mol. The monoisotopic (exact) mass is 324 g/mol. The molecule has 8 heteroatoms. The fourth-order valence-corrected chi connectivity index (χ4v) is 3.45. The first kappa shape index (κ1) is 16.3. The number of carbonyl (C=O) groups excluding carboxylic acids is 1. The van der Waals surface area contributed by atoms with E-state index in [1.807, 2.05) is 11.9 Å². The highest BCUT2D eigenvalue weighted by Gasteiger charge is 2.18. The molecule has 120 valence electrons. The van der Waals surface area contributed by atoms with Crippen LogP contribution in [0.2, 0.25) is 0 Å². The lowest BCUT2D eigenvalue weighted by Crippen LogP contribution is -2.27. The molecule has 0 aliphatic carbocycles. The number of rotatable bonds is 3. The predicted octanol–water partition coefficient (Wildman–Crippen LogP) is 1.77. The quantitative estimate of drug-likeness (QED) is 0.884. The van der Waals surface area contributed by atoms with Crippen molar-refractivity contribution in [3.8, 4) is 0 Å². The zero-order chi connectivity index (χ0) is 16.2. The van der Waals surface area contributed by atoms with Crippen molar-refractivity contribution in [2.24, 2.45) is 10.1 Å². The van der Waals surface area contributed by atoms with Gasteiger partial charge in [0.15, 0.2) is 0 Å². The molecule has 1 saturated heterocycles. The van der Waals surface area contributed by atoms with Gasteiger partial charge in [-0.25, -0.2) is 4.79 Å². The number of nitrogens with two attached hydrogens (primary N) is 1. The Labute approximate surface area is 130 Å². The van der Waals surface area contributed by atoms with Gasteiger partial charge in [-0.1, -0.05) is 12.5 Å². The summed E-state index contributed by atoms with van der Waals surface area (Å²) in [6, 6.07) is 5.15. The Balaban J connectivity index is 2.31. The molecule has 1 aromatic rings. The molecule has 0 unspecified atom stereocenters. The fraction of sp³-hybridized carbons (Fsp3) is 0.429. The van der Waals surface area contributed by atoms with Crippen molar-refractivity contribution in [1.82, 2.24) is 4.90 Å². The Morgan fingerprint density at radius 2 is 2.09 bits per heavy atom. The minimum atomic E-state index is -3.81. The summed E-state index contributed by atoms with van der Waals surface area (Å²) in [5.74, 6) is 0.575. The smallest absolute Gasteiger partial charge is 0.316 e. The van der Waals surface area contributed by atoms with Crippen LogP contribution in [0.4, 0.5) is 10.5 Å². The molecule has 1 aliphatic heterocycles. The molecule has 7 nitrogen and oxygen atoms in total. The molecular formula is C14H20N4O3S. The second-order valence-corrected chi connectivity index (χ2v) is 6.84. The van der Waals surface area contributed by atoms with E-state index in [1.165, 1.54) is 18.2 Å². The molecule has 0 atom stereocenters. The van der Waals surface area contributed by atoms with Crippen molar-refractivity contribution in [2.45, 2.75) is 30.6 Å². The summed E-state index contributed by atoms with van der Waals surface area (Å²) in [7, 11) is -1.96. The third-order valence-electron chi connectivity index (χ3n) is 3.46. The molecule has 0 saturated carbocycles. The molecule has 2 amide bonds. The van der Waals surface area contributed by atoms with E-state index in [2.05, 4.69) is 9.71 Å². The molecule has 1 fully saturated rings. The van der Waals surface area contributed by atoms with E-state index in [9.17, 15) is 13.2 Å². The number of amides is 2. The number of hydrogen-bond acceptors (Lipinski definition) is 3. The van der Waals surface area contributed by atoms with Gasteiger partial charge in [0.2, 0.25) is 0 Å². The van der Waals surface area contributed by atoms with E-state index < -0.39 is 16.1 Å². The van der Waals surface area contributed by atoms with Gasteiger partial charge >= 0.3 is 6.03 Å². The van der Waals surface area contributed by atoms with Crippen molar-refractivity contribution < 1.29 is 13.2 Å². The normalized spacial score (nSPS) is 18.0. The van der Waals surface area contributed by atoms with Crippen LogP contribution in [0.3, 0.4) is 0 Å².